The van der Waals surface area contributed by atoms with E-state index >= 15 is 0 Å². The van der Waals surface area contributed by atoms with Gasteiger partial charge >= 0.3 is 0 Å². The summed E-state index contributed by atoms with van der Waals surface area (Å²) in [5, 5.41) is 2.88. The van der Waals surface area contributed by atoms with Gasteiger partial charge in [0.25, 0.3) is 5.91 Å². The van der Waals surface area contributed by atoms with Crippen LogP contribution in [0, 0.1) is 13.8 Å². The number of anilines is 1. The van der Waals surface area contributed by atoms with Crippen LogP contribution in [0.3, 0.4) is 0 Å². The van der Waals surface area contributed by atoms with Crippen LogP contribution in [0.4, 0.5) is 5.69 Å². The number of carbonyl (C=O) groups excluding carboxylic acids is 1. The predicted molar refractivity (Wildman–Crippen MR) is 88.3 cm³/mol. The van der Waals surface area contributed by atoms with Crippen LogP contribution in [-0.2, 0) is 4.79 Å². The zero-order chi connectivity index (χ0) is 15.2. The number of para-hydroxylation sites is 1. The molecular weight excluding hydrogens is 282 g/mol. The van der Waals surface area contributed by atoms with E-state index in [0.29, 0.717) is 0 Å². The van der Waals surface area contributed by atoms with Gasteiger partial charge in [-0.3, -0.25) is 4.79 Å². The van der Waals surface area contributed by atoms with Gasteiger partial charge in [0, 0.05) is 4.90 Å². The second-order valence-corrected chi connectivity index (χ2v) is 5.65. The normalized spacial score (nSPS) is 10.2. The van der Waals surface area contributed by atoms with Gasteiger partial charge in [0.2, 0.25) is 0 Å². The summed E-state index contributed by atoms with van der Waals surface area (Å²) in [6, 6.07) is 13.7. The van der Waals surface area contributed by atoms with E-state index in [1.165, 1.54) is 0 Å². The Morgan fingerprint density at radius 2 is 1.95 bits per heavy atom. The van der Waals surface area contributed by atoms with Crippen molar-refractivity contribution < 1.29 is 9.53 Å². The molecule has 0 heterocycles. The lowest BCUT2D eigenvalue weighted by Gasteiger charge is -2.12. The number of aryl methyl sites for hydroxylation is 2. The summed E-state index contributed by atoms with van der Waals surface area (Å²) in [5.41, 5.74) is 2.96. The van der Waals surface area contributed by atoms with E-state index in [1.54, 1.807) is 11.8 Å². The molecule has 4 heteroatoms. The highest BCUT2D eigenvalue weighted by atomic mass is 32.2. The zero-order valence-corrected chi connectivity index (χ0v) is 13.3. The molecule has 0 aliphatic heterocycles. The van der Waals surface area contributed by atoms with E-state index in [0.717, 1.165) is 27.5 Å². The molecule has 0 saturated carbocycles. The van der Waals surface area contributed by atoms with Crippen molar-refractivity contribution in [3.05, 3.63) is 53.6 Å². The van der Waals surface area contributed by atoms with Crippen molar-refractivity contribution in [2.45, 2.75) is 18.7 Å². The van der Waals surface area contributed by atoms with E-state index < -0.39 is 0 Å². The van der Waals surface area contributed by atoms with Crippen molar-refractivity contribution >= 4 is 23.4 Å². The number of amides is 1. The molecule has 2 aromatic carbocycles. The quantitative estimate of drug-likeness (QED) is 0.847. The van der Waals surface area contributed by atoms with Crippen LogP contribution in [-0.4, -0.2) is 18.8 Å². The SMILES string of the molecule is CSc1ccccc1NC(=O)COc1cc(C)ccc1C. The van der Waals surface area contributed by atoms with Gasteiger partial charge in [0.1, 0.15) is 5.75 Å². The van der Waals surface area contributed by atoms with E-state index in [4.69, 9.17) is 4.74 Å². The Hall–Kier alpha value is -1.94. The number of thioether (sulfide) groups is 1. The van der Waals surface area contributed by atoms with Crippen LogP contribution in [0.2, 0.25) is 0 Å². The van der Waals surface area contributed by atoms with Crippen molar-refractivity contribution in [2.75, 3.05) is 18.2 Å². The van der Waals surface area contributed by atoms with Crippen molar-refractivity contribution in [1.29, 1.82) is 0 Å². The highest BCUT2D eigenvalue weighted by Crippen LogP contribution is 2.24. The van der Waals surface area contributed by atoms with Crippen LogP contribution >= 0.6 is 11.8 Å². The molecule has 3 nitrogen and oxygen atoms in total. The Morgan fingerprint density at radius 1 is 1.19 bits per heavy atom. The third kappa shape index (κ3) is 4.26. The fourth-order valence-electron chi connectivity index (χ4n) is 1.94. The predicted octanol–water partition coefficient (Wildman–Crippen LogP) is 4.04. The minimum absolute atomic E-state index is 0.00695. The van der Waals surface area contributed by atoms with Crippen LogP contribution in [0.1, 0.15) is 11.1 Å². The van der Waals surface area contributed by atoms with Crippen molar-refractivity contribution in [3.8, 4) is 5.75 Å². The lowest BCUT2D eigenvalue weighted by atomic mass is 10.1. The molecule has 0 radical (unpaired) electrons. The molecule has 1 N–H and O–H groups in total. The maximum Gasteiger partial charge on any atom is 0.262 e. The van der Waals surface area contributed by atoms with Gasteiger partial charge in [-0.25, -0.2) is 0 Å². The standard InChI is InChI=1S/C17H19NO2S/c1-12-8-9-13(2)15(10-12)20-11-17(19)18-14-6-4-5-7-16(14)21-3/h4-10H,11H2,1-3H3,(H,18,19). The third-order valence-corrected chi connectivity index (χ3v) is 3.88. The van der Waals surface area contributed by atoms with Gasteiger partial charge in [-0.15, -0.1) is 11.8 Å². The summed E-state index contributed by atoms with van der Waals surface area (Å²) < 4.78 is 5.61. The van der Waals surface area contributed by atoms with Crippen LogP contribution in [0.15, 0.2) is 47.4 Å². The summed E-state index contributed by atoms with van der Waals surface area (Å²) in [4.78, 5) is 13.0. The number of benzene rings is 2. The molecule has 110 valence electrons. The van der Waals surface area contributed by atoms with Gasteiger partial charge < -0.3 is 10.1 Å². The number of hydrogen-bond donors (Lipinski definition) is 1. The number of carbonyl (C=O) groups is 1. The lowest BCUT2D eigenvalue weighted by Crippen LogP contribution is -2.20. The maximum atomic E-state index is 12.0. The largest absolute Gasteiger partial charge is 0.483 e. The molecule has 2 rings (SSSR count). The van der Waals surface area contributed by atoms with E-state index in [9.17, 15) is 4.79 Å². The molecule has 0 aliphatic carbocycles. The van der Waals surface area contributed by atoms with Crippen LogP contribution < -0.4 is 10.1 Å². The minimum Gasteiger partial charge on any atom is -0.483 e. The molecule has 21 heavy (non-hydrogen) atoms. The summed E-state index contributed by atoms with van der Waals surface area (Å²) in [6.45, 7) is 3.98. The molecule has 0 aliphatic rings. The van der Waals surface area contributed by atoms with Gasteiger partial charge in [-0.2, -0.15) is 0 Å². The summed E-state index contributed by atoms with van der Waals surface area (Å²) in [6.07, 6.45) is 1.98. The molecule has 0 atom stereocenters. The molecule has 0 aromatic heterocycles. The fraction of sp³-hybridized carbons (Fsp3) is 0.235. The topological polar surface area (TPSA) is 38.3 Å². The number of rotatable bonds is 5. The first kappa shape index (κ1) is 15.4. The highest BCUT2D eigenvalue weighted by molar-refractivity contribution is 7.98. The first-order valence-electron chi connectivity index (χ1n) is 6.73. The van der Waals surface area contributed by atoms with Crippen LogP contribution in [0.25, 0.3) is 0 Å². The Labute approximate surface area is 129 Å². The molecule has 1 amide bonds. The van der Waals surface area contributed by atoms with Crippen molar-refractivity contribution in [2.24, 2.45) is 0 Å². The first-order chi connectivity index (χ1) is 10.1. The average Bonchev–Trinajstić information content (AvgIpc) is 2.49. The summed E-state index contributed by atoms with van der Waals surface area (Å²) >= 11 is 1.60. The zero-order valence-electron chi connectivity index (χ0n) is 12.5. The van der Waals surface area contributed by atoms with E-state index in [-0.39, 0.29) is 12.5 Å². The highest BCUT2D eigenvalue weighted by Gasteiger charge is 2.08. The molecule has 2 aromatic rings. The van der Waals surface area contributed by atoms with E-state index in [2.05, 4.69) is 5.32 Å². The Morgan fingerprint density at radius 3 is 2.71 bits per heavy atom. The summed E-state index contributed by atoms with van der Waals surface area (Å²) in [7, 11) is 0. The first-order valence-corrected chi connectivity index (χ1v) is 7.95. The lowest BCUT2D eigenvalue weighted by molar-refractivity contribution is -0.118. The van der Waals surface area contributed by atoms with Crippen molar-refractivity contribution in [1.82, 2.24) is 0 Å². The fourth-order valence-corrected chi connectivity index (χ4v) is 2.49. The Balaban J connectivity index is 1.97. The summed E-state index contributed by atoms with van der Waals surface area (Å²) in [5.74, 6) is 0.598. The van der Waals surface area contributed by atoms with Gasteiger partial charge in [0.15, 0.2) is 6.61 Å². The Kier molecular flexibility index (Phi) is 5.28. The van der Waals surface area contributed by atoms with Gasteiger partial charge in [0.05, 0.1) is 5.69 Å². The smallest absolute Gasteiger partial charge is 0.262 e. The van der Waals surface area contributed by atoms with Gasteiger partial charge in [-0.1, -0.05) is 24.3 Å². The minimum atomic E-state index is -0.155. The molecule has 0 saturated heterocycles. The number of ether oxygens (including phenoxy) is 1. The monoisotopic (exact) mass is 301 g/mol. The van der Waals surface area contributed by atoms with E-state index in [1.807, 2.05) is 62.6 Å². The van der Waals surface area contributed by atoms with Gasteiger partial charge in [-0.05, 0) is 49.4 Å². The average molecular weight is 301 g/mol. The second kappa shape index (κ2) is 7.18. The van der Waals surface area contributed by atoms with Crippen LogP contribution in [0.5, 0.6) is 5.75 Å². The number of nitrogens with one attached hydrogen (secondary N) is 1. The second-order valence-electron chi connectivity index (χ2n) is 4.81. The molecule has 0 fully saturated rings. The van der Waals surface area contributed by atoms with Crippen molar-refractivity contribution in [3.63, 3.8) is 0 Å². The molecular formula is C17H19NO2S. The molecule has 0 unspecified atom stereocenters. The molecule has 0 spiro atoms. The Bertz CT molecular complexity index is 640. The number of hydrogen-bond acceptors (Lipinski definition) is 3. The third-order valence-electron chi connectivity index (χ3n) is 3.08. The maximum absolute atomic E-state index is 12.0. The molecule has 0 bridgehead atoms.